The maximum Gasteiger partial charge on any atom is 0.435 e. The number of nitrogens with one attached hydrogen (secondary N) is 1. The first-order valence-corrected chi connectivity index (χ1v) is 10.0. The summed E-state index contributed by atoms with van der Waals surface area (Å²) in [5.74, 6) is 0.322. The van der Waals surface area contributed by atoms with Crippen molar-refractivity contribution in [2.75, 3.05) is 5.32 Å². The Hall–Kier alpha value is -3.01. The zero-order valence-electron chi connectivity index (χ0n) is 16.3. The van der Waals surface area contributed by atoms with Crippen LogP contribution < -0.4 is 10.1 Å². The molecule has 2 heterocycles. The first-order valence-electron chi connectivity index (χ1n) is 9.63. The molecule has 0 bridgehead atoms. The highest BCUT2D eigenvalue weighted by atomic mass is 35.5. The lowest BCUT2D eigenvalue weighted by Crippen LogP contribution is -2.16. The van der Waals surface area contributed by atoms with Crippen molar-refractivity contribution in [1.82, 2.24) is 19.6 Å². The number of aromatic nitrogens is 4. The lowest BCUT2D eigenvalue weighted by molar-refractivity contribution is -0.141. The summed E-state index contributed by atoms with van der Waals surface area (Å²) < 4.78 is 47.2. The maximum absolute atomic E-state index is 13.0. The molecule has 31 heavy (non-hydrogen) atoms. The van der Waals surface area contributed by atoms with Crippen molar-refractivity contribution in [2.24, 2.45) is 0 Å². The fourth-order valence-electron chi connectivity index (χ4n) is 3.08. The van der Waals surface area contributed by atoms with E-state index in [0.717, 1.165) is 18.9 Å². The summed E-state index contributed by atoms with van der Waals surface area (Å²) in [6.07, 6.45) is 0.220. The number of rotatable bonds is 8. The van der Waals surface area contributed by atoms with E-state index in [1.165, 1.54) is 15.6 Å². The van der Waals surface area contributed by atoms with Crippen LogP contribution in [0.25, 0.3) is 0 Å². The number of anilines is 1. The largest absolute Gasteiger partial charge is 0.471 e. The van der Waals surface area contributed by atoms with Gasteiger partial charge in [0.25, 0.3) is 0 Å². The van der Waals surface area contributed by atoms with Gasteiger partial charge in [-0.15, -0.1) is 0 Å². The first kappa shape index (κ1) is 21.2. The normalized spacial score (nSPS) is 13.9. The van der Waals surface area contributed by atoms with Gasteiger partial charge in [-0.05, 0) is 37.1 Å². The summed E-state index contributed by atoms with van der Waals surface area (Å²) in [5, 5.41) is 11.0. The summed E-state index contributed by atoms with van der Waals surface area (Å²) in [4.78, 5) is 12.3. The summed E-state index contributed by atoms with van der Waals surface area (Å²) in [5.41, 5.74) is 0.0699. The average Bonchev–Trinajstić information content (AvgIpc) is 3.29. The average molecular weight is 454 g/mol. The molecular weight excluding hydrogens is 435 g/mol. The third kappa shape index (κ3) is 5.57. The maximum atomic E-state index is 13.0. The molecule has 0 unspecified atom stereocenters. The van der Waals surface area contributed by atoms with Gasteiger partial charge in [-0.2, -0.15) is 23.4 Å². The molecule has 0 aliphatic heterocycles. The Balaban J connectivity index is 1.30. The molecule has 11 heteroatoms. The molecule has 0 saturated heterocycles. The van der Waals surface area contributed by atoms with Crippen molar-refractivity contribution < 1.29 is 22.7 Å². The molecule has 2 aromatic heterocycles. The van der Waals surface area contributed by atoms with Gasteiger partial charge in [0.05, 0.1) is 18.1 Å². The summed E-state index contributed by atoms with van der Waals surface area (Å²) >= 11 is 5.90. The predicted octanol–water partition coefficient (Wildman–Crippen LogP) is 4.69. The Morgan fingerprint density at radius 1 is 1.29 bits per heavy atom. The van der Waals surface area contributed by atoms with Gasteiger partial charge in [-0.1, -0.05) is 17.7 Å². The smallest absolute Gasteiger partial charge is 0.435 e. The molecule has 1 N–H and O–H groups in total. The number of alkyl halides is 3. The van der Waals surface area contributed by atoms with E-state index >= 15 is 0 Å². The first-order chi connectivity index (χ1) is 14.8. The number of carbonyl (C=O) groups is 1. The van der Waals surface area contributed by atoms with Crippen molar-refractivity contribution in [3.05, 3.63) is 59.1 Å². The zero-order chi connectivity index (χ0) is 22.0. The van der Waals surface area contributed by atoms with Crippen LogP contribution in [0.2, 0.25) is 5.02 Å². The van der Waals surface area contributed by atoms with Crippen LogP contribution in [0.4, 0.5) is 18.9 Å². The van der Waals surface area contributed by atoms with Gasteiger partial charge in [0.1, 0.15) is 5.75 Å². The Morgan fingerprint density at radius 2 is 2.10 bits per heavy atom. The Kier molecular flexibility index (Phi) is 5.90. The third-order valence-electron chi connectivity index (χ3n) is 4.72. The van der Waals surface area contributed by atoms with Gasteiger partial charge in [0, 0.05) is 29.6 Å². The number of hydrogen-bond acceptors (Lipinski definition) is 4. The minimum atomic E-state index is -4.50. The molecule has 3 aromatic rings. The van der Waals surface area contributed by atoms with Crippen molar-refractivity contribution in [3.63, 3.8) is 0 Å². The van der Waals surface area contributed by atoms with Crippen LogP contribution in [0.1, 0.15) is 36.6 Å². The molecule has 1 fully saturated rings. The van der Waals surface area contributed by atoms with Crippen LogP contribution in [-0.4, -0.2) is 25.5 Å². The minimum absolute atomic E-state index is 0.0110. The van der Waals surface area contributed by atoms with Crippen LogP contribution in [0.5, 0.6) is 5.75 Å². The second-order valence-corrected chi connectivity index (χ2v) is 7.68. The van der Waals surface area contributed by atoms with Crippen LogP contribution in [0.15, 0.2) is 42.7 Å². The van der Waals surface area contributed by atoms with Crippen molar-refractivity contribution in [1.29, 1.82) is 0 Å². The number of carbonyl (C=O) groups excluding carboxylic acids is 1. The monoisotopic (exact) mass is 453 g/mol. The van der Waals surface area contributed by atoms with E-state index in [0.29, 0.717) is 22.2 Å². The number of ether oxygens (including phenoxy) is 1. The number of hydrogen-bond donors (Lipinski definition) is 1. The number of nitrogens with zero attached hydrogens (tertiary/aromatic N) is 4. The molecule has 4 rings (SSSR count). The van der Waals surface area contributed by atoms with E-state index in [2.05, 4.69) is 15.5 Å². The van der Waals surface area contributed by atoms with Gasteiger partial charge in [-0.25, -0.2) is 4.68 Å². The third-order valence-corrected chi connectivity index (χ3v) is 4.96. The van der Waals surface area contributed by atoms with Gasteiger partial charge in [-0.3, -0.25) is 9.48 Å². The lowest BCUT2D eigenvalue weighted by atomic mass is 10.2. The SMILES string of the molecule is O=C(CCn1nc(C(F)(F)F)cc1C1CC1)Nc1cnn(COc2cccc(Cl)c2)c1. The second kappa shape index (κ2) is 8.62. The van der Waals surface area contributed by atoms with Crippen LogP contribution in [-0.2, 0) is 24.2 Å². The number of amides is 1. The van der Waals surface area contributed by atoms with Gasteiger partial charge in [0.15, 0.2) is 12.4 Å². The number of aryl methyl sites for hydroxylation is 1. The van der Waals surface area contributed by atoms with Crippen LogP contribution >= 0.6 is 11.6 Å². The van der Waals surface area contributed by atoms with E-state index in [-0.39, 0.29) is 31.5 Å². The van der Waals surface area contributed by atoms with E-state index in [4.69, 9.17) is 16.3 Å². The molecule has 0 atom stereocenters. The number of benzene rings is 1. The highest BCUT2D eigenvalue weighted by Gasteiger charge is 2.37. The van der Waals surface area contributed by atoms with Gasteiger partial charge in [0.2, 0.25) is 5.91 Å². The summed E-state index contributed by atoms with van der Waals surface area (Å²) in [7, 11) is 0. The van der Waals surface area contributed by atoms with Crippen molar-refractivity contribution >= 4 is 23.2 Å². The van der Waals surface area contributed by atoms with Gasteiger partial charge >= 0.3 is 6.18 Å². The molecule has 1 amide bonds. The minimum Gasteiger partial charge on any atom is -0.471 e. The second-order valence-electron chi connectivity index (χ2n) is 7.25. The Morgan fingerprint density at radius 3 is 2.81 bits per heavy atom. The standard InChI is InChI=1S/C20H19ClF3N5O2/c21-14-2-1-3-16(8-14)31-12-28-11-15(10-25-28)26-19(30)6-7-29-17(13-4-5-13)9-18(27-29)20(22,23)24/h1-3,8-11,13H,4-7,12H2,(H,26,30). The Bertz CT molecular complexity index is 1070. The molecule has 1 aromatic carbocycles. The van der Waals surface area contributed by atoms with Crippen molar-refractivity contribution in [3.8, 4) is 5.75 Å². The van der Waals surface area contributed by atoms with E-state index in [1.807, 2.05) is 0 Å². The zero-order valence-corrected chi connectivity index (χ0v) is 17.0. The number of halogens is 4. The fraction of sp³-hybridized carbons (Fsp3) is 0.350. The summed E-state index contributed by atoms with van der Waals surface area (Å²) in [6, 6.07) is 8.01. The highest BCUT2D eigenvalue weighted by molar-refractivity contribution is 6.30. The lowest BCUT2D eigenvalue weighted by Gasteiger charge is -2.07. The molecule has 7 nitrogen and oxygen atoms in total. The molecule has 0 radical (unpaired) electrons. The topological polar surface area (TPSA) is 74.0 Å². The molecule has 164 valence electrons. The Labute approximate surface area is 180 Å². The van der Waals surface area contributed by atoms with E-state index in [9.17, 15) is 18.0 Å². The molecule has 1 aliphatic rings. The predicted molar refractivity (Wildman–Crippen MR) is 107 cm³/mol. The highest BCUT2D eigenvalue weighted by Crippen LogP contribution is 2.42. The fourth-order valence-corrected chi connectivity index (χ4v) is 3.26. The molecule has 1 aliphatic carbocycles. The van der Waals surface area contributed by atoms with Gasteiger partial charge < -0.3 is 10.1 Å². The van der Waals surface area contributed by atoms with E-state index < -0.39 is 11.9 Å². The van der Waals surface area contributed by atoms with E-state index in [1.54, 1.807) is 30.5 Å². The van der Waals surface area contributed by atoms with Crippen molar-refractivity contribution in [2.45, 2.75) is 44.6 Å². The molecule has 0 spiro atoms. The molecular formula is C20H19ClF3N5O2. The molecule has 1 saturated carbocycles. The van der Waals surface area contributed by atoms with Crippen LogP contribution in [0, 0.1) is 0 Å². The quantitative estimate of drug-likeness (QED) is 0.536. The summed E-state index contributed by atoms with van der Waals surface area (Å²) in [6.45, 7) is 0.189. The van der Waals surface area contributed by atoms with Crippen LogP contribution in [0.3, 0.4) is 0 Å².